The van der Waals surface area contributed by atoms with Gasteiger partial charge >= 0.3 is 0 Å². The molecule has 1 N–H and O–H groups in total. The molecule has 0 spiro atoms. The Morgan fingerprint density at radius 3 is 2.15 bits per heavy atom. The highest BCUT2D eigenvalue weighted by Crippen LogP contribution is 2.35. The molecule has 0 aliphatic rings. The van der Waals surface area contributed by atoms with Crippen molar-refractivity contribution >= 4 is 11.8 Å². The van der Waals surface area contributed by atoms with Crippen LogP contribution in [0.15, 0.2) is 0 Å². The van der Waals surface area contributed by atoms with Crippen molar-refractivity contribution in [1.82, 2.24) is 0 Å². The van der Waals surface area contributed by atoms with Gasteiger partial charge in [-0.1, -0.05) is 40.5 Å². The average molecular weight is 204 g/mol. The lowest BCUT2D eigenvalue weighted by Gasteiger charge is -2.31. The molecule has 0 saturated heterocycles. The first-order chi connectivity index (χ1) is 5.88. The van der Waals surface area contributed by atoms with E-state index in [9.17, 15) is 5.11 Å². The largest absolute Gasteiger partial charge is 0.383 e. The van der Waals surface area contributed by atoms with E-state index in [2.05, 4.69) is 27.7 Å². The lowest BCUT2D eigenvalue weighted by atomic mass is 9.89. The van der Waals surface area contributed by atoms with Crippen molar-refractivity contribution < 1.29 is 5.11 Å². The number of hydrogen-bond acceptors (Lipinski definition) is 2. The molecule has 2 atom stereocenters. The monoisotopic (exact) mass is 204 g/mol. The van der Waals surface area contributed by atoms with Crippen LogP contribution in [0.25, 0.3) is 0 Å². The number of rotatable bonds is 5. The summed E-state index contributed by atoms with van der Waals surface area (Å²) in [5.74, 6) is 0. The van der Waals surface area contributed by atoms with E-state index in [0.29, 0.717) is 10.7 Å². The highest BCUT2D eigenvalue weighted by atomic mass is 32.2. The number of aliphatic hydroxyl groups excluding tert-OH is 1. The third kappa shape index (κ3) is 6.39. The Morgan fingerprint density at radius 1 is 1.31 bits per heavy atom. The summed E-state index contributed by atoms with van der Waals surface area (Å²) >= 11 is 1.70. The van der Waals surface area contributed by atoms with Gasteiger partial charge in [0.25, 0.3) is 0 Å². The van der Waals surface area contributed by atoms with Crippen LogP contribution in [0.3, 0.4) is 0 Å². The Labute approximate surface area is 87.3 Å². The second kappa shape index (κ2) is 5.92. The van der Waals surface area contributed by atoms with Crippen LogP contribution in [0.1, 0.15) is 53.9 Å². The molecule has 0 rings (SSSR count). The molecule has 0 aromatic heterocycles. The predicted octanol–water partition coefficient (Wildman–Crippen LogP) is 3.66. The van der Waals surface area contributed by atoms with Crippen molar-refractivity contribution in [2.75, 3.05) is 0 Å². The van der Waals surface area contributed by atoms with Gasteiger partial charge < -0.3 is 5.11 Å². The van der Waals surface area contributed by atoms with Crippen molar-refractivity contribution in [3.05, 3.63) is 0 Å². The maximum Gasteiger partial charge on any atom is 0.0967 e. The third-order valence-corrected chi connectivity index (χ3v) is 3.81. The van der Waals surface area contributed by atoms with Crippen molar-refractivity contribution in [2.45, 2.75) is 64.6 Å². The van der Waals surface area contributed by atoms with Crippen molar-refractivity contribution in [1.29, 1.82) is 0 Å². The summed E-state index contributed by atoms with van der Waals surface area (Å²) in [6, 6.07) is 0. The van der Waals surface area contributed by atoms with E-state index in [1.54, 1.807) is 11.8 Å². The van der Waals surface area contributed by atoms with Crippen LogP contribution in [0.5, 0.6) is 0 Å². The van der Waals surface area contributed by atoms with Gasteiger partial charge in [-0.2, -0.15) is 0 Å². The molecule has 0 bridgehead atoms. The SMILES string of the molecule is CCCC[C@H](SC(C)O)C(C)(C)C. The number of aliphatic hydroxyl groups is 1. The Balaban J connectivity index is 4.03. The smallest absolute Gasteiger partial charge is 0.0967 e. The van der Waals surface area contributed by atoms with Crippen LogP contribution in [-0.4, -0.2) is 15.8 Å². The normalized spacial score (nSPS) is 17.1. The third-order valence-electron chi connectivity index (χ3n) is 2.15. The topological polar surface area (TPSA) is 20.2 Å². The fourth-order valence-corrected chi connectivity index (χ4v) is 2.52. The van der Waals surface area contributed by atoms with E-state index >= 15 is 0 Å². The first-order valence-electron chi connectivity index (χ1n) is 5.21. The van der Waals surface area contributed by atoms with Gasteiger partial charge in [0.2, 0.25) is 0 Å². The molecule has 0 aliphatic heterocycles. The van der Waals surface area contributed by atoms with Crippen molar-refractivity contribution in [3.63, 3.8) is 0 Å². The van der Waals surface area contributed by atoms with Crippen LogP contribution in [0.2, 0.25) is 0 Å². The molecule has 0 aliphatic carbocycles. The van der Waals surface area contributed by atoms with Crippen LogP contribution < -0.4 is 0 Å². The van der Waals surface area contributed by atoms with Crippen molar-refractivity contribution in [3.8, 4) is 0 Å². The summed E-state index contributed by atoms with van der Waals surface area (Å²) in [5, 5.41) is 9.92. The Morgan fingerprint density at radius 2 is 1.85 bits per heavy atom. The zero-order chi connectivity index (χ0) is 10.5. The highest BCUT2D eigenvalue weighted by Gasteiger charge is 2.25. The first kappa shape index (κ1) is 13.3. The maximum absolute atomic E-state index is 9.35. The van der Waals surface area contributed by atoms with E-state index in [1.807, 2.05) is 6.92 Å². The minimum atomic E-state index is -0.235. The summed E-state index contributed by atoms with van der Waals surface area (Å²) < 4.78 is 0. The van der Waals surface area contributed by atoms with E-state index in [-0.39, 0.29) is 5.44 Å². The van der Waals surface area contributed by atoms with Crippen LogP contribution >= 0.6 is 11.8 Å². The summed E-state index contributed by atoms with van der Waals surface area (Å²) in [6.45, 7) is 10.8. The quantitative estimate of drug-likeness (QED) is 0.690. The molecule has 0 saturated carbocycles. The van der Waals surface area contributed by atoms with Crippen LogP contribution in [0, 0.1) is 5.41 Å². The second-order valence-corrected chi connectivity index (χ2v) is 6.26. The van der Waals surface area contributed by atoms with Crippen molar-refractivity contribution in [2.24, 2.45) is 5.41 Å². The van der Waals surface area contributed by atoms with E-state index in [4.69, 9.17) is 0 Å². The summed E-state index contributed by atoms with van der Waals surface area (Å²) in [5.41, 5.74) is 0.0673. The molecule has 13 heavy (non-hydrogen) atoms. The molecule has 0 fully saturated rings. The molecule has 1 unspecified atom stereocenters. The minimum Gasteiger partial charge on any atom is -0.383 e. The molecule has 0 amide bonds. The molecule has 0 aromatic carbocycles. The predicted molar refractivity (Wildman–Crippen MR) is 62.0 cm³/mol. The molecule has 1 nitrogen and oxygen atoms in total. The fraction of sp³-hybridized carbons (Fsp3) is 1.00. The zero-order valence-corrected chi connectivity index (χ0v) is 10.4. The maximum atomic E-state index is 9.35. The summed E-state index contributed by atoms with van der Waals surface area (Å²) in [7, 11) is 0. The van der Waals surface area contributed by atoms with Gasteiger partial charge in [0.15, 0.2) is 0 Å². The fourth-order valence-electron chi connectivity index (χ4n) is 1.33. The molecule has 80 valence electrons. The van der Waals surface area contributed by atoms with Gasteiger partial charge in [-0.05, 0) is 18.8 Å². The lowest BCUT2D eigenvalue weighted by molar-refractivity contribution is 0.277. The number of thioether (sulfide) groups is 1. The van der Waals surface area contributed by atoms with E-state index in [0.717, 1.165) is 0 Å². The molecular formula is C11H24OS. The first-order valence-corrected chi connectivity index (χ1v) is 6.15. The Bertz CT molecular complexity index is 127. The van der Waals surface area contributed by atoms with Gasteiger partial charge in [0, 0.05) is 5.25 Å². The molecular weight excluding hydrogens is 180 g/mol. The molecule has 0 aromatic rings. The highest BCUT2D eigenvalue weighted by molar-refractivity contribution is 8.00. The number of hydrogen-bond donors (Lipinski definition) is 1. The zero-order valence-electron chi connectivity index (χ0n) is 9.63. The summed E-state index contributed by atoms with van der Waals surface area (Å²) in [6.07, 6.45) is 3.73. The van der Waals surface area contributed by atoms with Crippen LogP contribution in [-0.2, 0) is 0 Å². The van der Waals surface area contributed by atoms with Gasteiger partial charge in [-0.3, -0.25) is 0 Å². The van der Waals surface area contributed by atoms with Gasteiger partial charge in [0.05, 0.1) is 5.44 Å². The van der Waals surface area contributed by atoms with Gasteiger partial charge in [-0.15, -0.1) is 11.8 Å². The van der Waals surface area contributed by atoms with E-state index in [1.165, 1.54) is 19.3 Å². The van der Waals surface area contributed by atoms with Gasteiger partial charge in [-0.25, -0.2) is 0 Å². The molecule has 0 radical (unpaired) electrons. The minimum absolute atomic E-state index is 0.235. The lowest BCUT2D eigenvalue weighted by Crippen LogP contribution is -2.25. The van der Waals surface area contributed by atoms with Gasteiger partial charge in [0.1, 0.15) is 0 Å². The number of unbranched alkanes of at least 4 members (excludes halogenated alkanes) is 1. The molecule has 2 heteroatoms. The van der Waals surface area contributed by atoms with Crippen LogP contribution in [0.4, 0.5) is 0 Å². The second-order valence-electron chi connectivity index (χ2n) is 4.73. The van der Waals surface area contributed by atoms with E-state index < -0.39 is 0 Å². The summed E-state index contributed by atoms with van der Waals surface area (Å²) in [4.78, 5) is 0. The Kier molecular flexibility index (Phi) is 6.06. The average Bonchev–Trinajstić information content (AvgIpc) is 1.95. The standard InChI is InChI=1S/C11H24OS/c1-6-7-8-10(11(3,4)5)13-9(2)12/h9-10,12H,6-8H2,1-5H3/t9?,10-/m0/s1. The molecule has 0 heterocycles. The Hall–Kier alpha value is 0.310.